The largest absolute Gasteiger partial charge is 0.449 e. The van der Waals surface area contributed by atoms with Crippen LogP contribution in [0.5, 0.6) is 5.75 Å². The molecule has 1 heterocycles. The van der Waals surface area contributed by atoms with Gasteiger partial charge in [0.05, 0.1) is 5.69 Å². The summed E-state index contributed by atoms with van der Waals surface area (Å²) < 4.78 is 5.94. The summed E-state index contributed by atoms with van der Waals surface area (Å²) in [4.78, 5) is 15.0. The SMILES string of the molecule is Cc1cccc(/C=C2/Oc3cc(N)ccc3N(CCc3ccccc3)C2=O)c1. The van der Waals surface area contributed by atoms with E-state index in [0.29, 0.717) is 23.7 Å². The van der Waals surface area contributed by atoms with Crippen LogP contribution < -0.4 is 15.4 Å². The molecule has 0 aliphatic carbocycles. The van der Waals surface area contributed by atoms with Crippen LogP contribution in [0.3, 0.4) is 0 Å². The molecule has 0 bridgehead atoms. The molecule has 0 unspecified atom stereocenters. The summed E-state index contributed by atoms with van der Waals surface area (Å²) in [7, 11) is 0. The second kappa shape index (κ2) is 7.61. The fraction of sp³-hybridized carbons (Fsp3) is 0.125. The average molecular weight is 370 g/mol. The van der Waals surface area contributed by atoms with Gasteiger partial charge >= 0.3 is 0 Å². The summed E-state index contributed by atoms with van der Waals surface area (Å²) in [5.74, 6) is 0.762. The maximum absolute atomic E-state index is 13.2. The smallest absolute Gasteiger partial charge is 0.294 e. The van der Waals surface area contributed by atoms with E-state index in [2.05, 4.69) is 12.1 Å². The summed E-state index contributed by atoms with van der Waals surface area (Å²) in [5, 5.41) is 0. The van der Waals surface area contributed by atoms with E-state index < -0.39 is 0 Å². The van der Waals surface area contributed by atoms with Crippen molar-refractivity contribution < 1.29 is 9.53 Å². The van der Waals surface area contributed by atoms with Crippen molar-refractivity contribution in [2.45, 2.75) is 13.3 Å². The lowest BCUT2D eigenvalue weighted by atomic mass is 10.1. The minimum atomic E-state index is -0.144. The monoisotopic (exact) mass is 370 g/mol. The van der Waals surface area contributed by atoms with Crippen LogP contribution in [0.4, 0.5) is 11.4 Å². The van der Waals surface area contributed by atoms with Gasteiger partial charge in [-0.05, 0) is 42.7 Å². The zero-order valence-corrected chi connectivity index (χ0v) is 15.8. The van der Waals surface area contributed by atoms with Gasteiger partial charge in [-0.1, -0.05) is 60.2 Å². The number of carbonyl (C=O) groups excluding carboxylic acids is 1. The Hall–Kier alpha value is -3.53. The Bertz CT molecular complexity index is 1040. The topological polar surface area (TPSA) is 55.6 Å². The number of rotatable bonds is 4. The molecule has 1 amide bonds. The van der Waals surface area contributed by atoms with E-state index >= 15 is 0 Å². The van der Waals surface area contributed by atoms with Gasteiger partial charge in [0.25, 0.3) is 5.91 Å². The van der Waals surface area contributed by atoms with Gasteiger partial charge in [-0.25, -0.2) is 0 Å². The van der Waals surface area contributed by atoms with Crippen LogP contribution in [0.2, 0.25) is 0 Å². The predicted octanol–water partition coefficient (Wildman–Crippen LogP) is 4.59. The maximum Gasteiger partial charge on any atom is 0.294 e. The van der Waals surface area contributed by atoms with Crippen LogP contribution in [-0.2, 0) is 11.2 Å². The van der Waals surface area contributed by atoms with E-state index in [-0.39, 0.29) is 5.91 Å². The number of nitrogen functional groups attached to an aromatic ring is 1. The minimum Gasteiger partial charge on any atom is -0.449 e. The van der Waals surface area contributed by atoms with Crippen LogP contribution in [-0.4, -0.2) is 12.5 Å². The molecule has 2 N–H and O–H groups in total. The number of benzene rings is 3. The Morgan fingerprint density at radius 2 is 1.82 bits per heavy atom. The Morgan fingerprint density at radius 3 is 2.61 bits per heavy atom. The van der Waals surface area contributed by atoms with Gasteiger partial charge in [-0.2, -0.15) is 0 Å². The van der Waals surface area contributed by atoms with Crippen molar-refractivity contribution in [3.63, 3.8) is 0 Å². The Morgan fingerprint density at radius 1 is 1.00 bits per heavy atom. The third-order valence-corrected chi connectivity index (χ3v) is 4.76. The van der Waals surface area contributed by atoms with E-state index in [9.17, 15) is 4.79 Å². The number of nitrogens with two attached hydrogens (primary N) is 1. The molecule has 1 aliphatic rings. The van der Waals surface area contributed by atoms with Crippen LogP contribution in [0.1, 0.15) is 16.7 Å². The molecule has 4 rings (SSSR count). The summed E-state index contributed by atoms with van der Waals surface area (Å²) in [6.07, 6.45) is 2.55. The van der Waals surface area contributed by atoms with Crippen LogP contribution >= 0.6 is 0 Å². The molecule has 140 valence electrons. The normalized spacial score (nSPS) is 14.7. The Balaban J connectivity index is 1.68. The third kappa shape index (κ3) is 3.76. The van der Waals surface area contributed by atoms with Crippen molar-refractivity contribution in [1.29, 1.82) is 0 Å². The Kier molecular flexibility index (Phi) is 4.85. The number of anilines is 2. The molecule has 0 saturated carbocycles. The number of hydrogen-bond donors (Lipinski definition) is 1. The molecule has 0 atom stereocenters. The van der Waals surface area contributed by atoms with Gasteiger partial charge in [0.2, 0.25) is 0 Å². The lowest BCUT2D eigenvalue weighted by molar-refractivity contribution is -0.117. The molecule has 1 aliphatic heterocycles. The molecule has 4 heteroatoms. The number of fused-ring (bicyclic) bond motifs is 1. The molecular weight excluding hydrogens is 348 g/mol. The molecule has 0 fully saturated rings. The molecule has 28 heavy (non-hydrogen) atoms. The van der Waals surface area contributed by atoms with Crippen molar-refractivity contribution in [3.8, 4) is 5.75 Å². The lowest BCUT2D eigenvalue weighted by Gasteiger charge is -2.31. The molecular formula is C24H22N2O2. The van der Waals surface area contributed by atoms with Gasteiger partial charge in [0, 0.05) is 18.3 Å². The molecule has 4 nitrogen and oxygen atoms in total. The lowest BCUT2D eigenvalue weighted by Crippen LogP contribution is -2.38. The Labute approximate surface area is 164 Å². The standard InChI is InChI=1S/C24H22N2O2/c1-17-6-5-9-19(14-17)15-23-24(27)26(13-12-18-7-3-2-4-8-18)21-11-10-20(25)16-22(21)28-23/h2-11,14-16H,12-13,25H2,1H3/b23-15+. The molecule has 3 aromatic carbocycles. The molecule has 3 aromatic rings. The zero-order chi connectivity index (χ0) is 19.5. The average Bonchev–Trinajstić information content (AvgIpc) is 2.69. The number of hydrogen-bond acceptors (Lipinski definition) is 3. The number of amides is 1. The molecule has 0 aromatic heterocycles. The first kappa shape index (κ1) is 17.9. The van der Waals surface area contributed by atoms with Crippen LogP contribution in [0, 0.1) is 6.92 Å². The first-order valence-corrected chi connectivity index (χ1v) is 9.32. The highest BCUT2D eigenvalue weighted by atomic mass is 16.5. The number of aryl methyl sites for hydroxylation is 1. The number of carbonyl (C=O) groups is 1. The maximum atomic E-state index is 13.2. The van der Waals surface area contributed by atoms with E-state index in [1.807, 2.05) is 55.5 Å². The molecule has 0 saturated heterocycles. The van der Waals surface area contributed by atoms with Crippen molar-refractivity contribution >= 4 is 23.4 Å². The van der Waals surface area contributed by atoms with Gasteiger partial charge in [0.1, 0.15) is 0 Å². The fourth-order valence-electron chi connectivity index (χ4n) is 3.35. The molecule has 0 radical (unpaired) electrons. The van der Waals surface area contributed by atoms with Crippen LogP contribution in [0.25, 0.3) is 6.08 Å². The van der Waals surface area contributed by atoms with E-state index in [0.717, 1.165) is 23.2 Å². The highest BCUT2D eigenvalue weighted by Gasteiger charge is 2.30. The second-order valence-electron chi connectivity index (χ2n) is 6.94. The van der Waals surface area contributed by atoms with E-state index in [1.54, 1.807) is 23.1 Å². The van der Waals surface area contributed by atoms with Crippen molar-refractivity contribution in [1.82, 2.24) is 0 Å². The van der Waals surface area contributed by atoms with Gasteiger partial charge < -0.3 is 15.4 Å². The first-order valence-electron chi connectivity index (χ1n) is 9.32. The van der Waals surface area contributed by atoms with E-state index in [4.69, 9.17) is 10.5 Å². The van der Waals surface area contributed by atoms with E-state index in [1.165, 1.54) is 5.56 Å². The predicted molar refractivity (Wildman–Crippen MR) is 113 cm³/mol. The first-order chi connectivity index (χ1) is 13.6. The van der Waals surface area contributed by atoms with Gasteiger partial charge in [-0.3, -0.25) is 4.79 Å². The van der Waals surface area contributed by atoms with Gasteiger partial charge in [0.15, 0.2) is 11.5 Å². The zero-order valence-electron chi connectivity index (χ0n) is 15.8. The summed E-state index contributed by atoms with van der Waals surface area (Å²) in [5.41, 5.74) is 10.5. The minimum absolute atomic E-state index is 0.144. The van der Waals surface area contributed by atoms with Crippen molar-refractivity contribution in [2.75, 3.05) is 17.2 Å². The highest BCUT2D eigenvalue weighted by molar-refractivity contribution is 6.10. The van der Waals surface area contributed by atoms with Crippen molar-refractivity contribution in [2.24, 2.45) is 0 Å². The number of ether oxygens (including phenoxy) is 1. The summed E-state index contributed by atoms with van der Waals surface area (Å²) in [6, 6.07) is 23.5. The second-order valence-corrected chi connectivity index (χ2v) is 6.94. The summed E-state index contributed by atoms with van der Waals surface area (Å²) in [6.45, 7) is 2.59. The van der Waals surface area contributed by atoms with Gasteiger partial charge in [-0.15, -0.1) is 0 Å². The fourth-order valence-corrected chi connectivity index (χ4v) is 3.35. The number of nitrogens with zero attached hydrogens (tertiary/aromatic N) is 1. The molecule has 0 spiro atoms. The third-order valence-electron chi connectivity index (χ3n) is 4.76. The summed E-state index contributed by atoms with van der Waals surface area (Å²) >= 11 is 0. The van der Waals surface area contributed by atoms with Crippen molar-refractivity contribution in [3.05, 3.63) is 95.2 Å². The highest BCUT2D eigenvalue weighted by Crippen LogP contribution is 2.37. The quantitative estimate of drug-likeness (QED) is 0.540. The van der Waals surface area contributed by atoms with Crippen LogP contribution in [0.15, 0.2) is 78.6 Å².